The largest absolute Gasteiger partial charge is 0.508 e. The van der Waals surface area contributed by atoms with Crippen LogP contribution in [0.3, 0.4) is 0 Å². The Morgan fingerprint density at radius 3 is 2.13 bits per heavy atom. The second-order valence-electron chi connectivity index (χ2n) is 4.40. The molecular formula is C13H21NO. The average molecular weight is 207 g/mol. The molecule has 2 atom stereocenters. The Morgan fingerprint density at radius 1 is 1.27 bits per heavy atom. The third-order valence-electron chi connectivity index (χ3n) is 3.17. The SMILES string of the molecule is CCC(C)[C@@H](N)c1c(C)cc(O)cc1C. The smallest absolute Gasteiger partial charge is 0.116 e. The topological polar surface area (TPSA) is 46.2 Å². The standard InChI is InChI=1S/C13H21NO/c1-5-8(2)13(14)12-9(3)6-11(15)7-10(12)4/h6-8,13,15H,5,14H2,1-4H3/t8?,13-/m1/s1. The minimum atomic E-state index is 0.0654. The van der Waals surface area contributed by atoms with Gasteiger partial charge in [0.25, 0.3) is 0 Å². The van der Waals surface area contributed by atoms with Crippen molar-refractivity contribution in [3.05, 3.63) is 28.8 Å². The number of hydrogen-bond donors (Lipinski definition) is 2. The summed E-state index contributed by atoms with van der Waals surface area (Å²) in [5, 5.41) is 9.46. The molecule has 0 saturated carbocycles. The van der Waals surface area contributed by atoms with Gasteiger partial charge in [0, 0.05) is 6.04 Å². The zero-order valence-electron chi connectivity index (χ0n) is 10.0. The van der Waals surface area contributed by atoms with E-state index in [9.17, 15) is 5.11 Å². The molecule has 2 nitrogen and oxygen atoms in total. The van der Waals surface area contributed by atoms with Gasteiger partial charge in [0.05, 0.1) is 0 Å². The van der Waals surface area contributed by atoms with Gasteiger partial charge in [-0.05, 0) is 48.6 Å². The van der Waals surface area contributed by atoms with Gasteiger partial charge in [-0.2, -0.15) is 0 Å². The molecule has 2 heteroatoms. The number of aromatic hydroxyl groups is 1. The van der Waals surface area contributed by atoms with Gasteiger partial charge >= 0.3 is 0 Å². The van der Waals surface area contributed by atoms with E-state index in [1.165, 1.54) is 5.56 Å². The molecule has 84 valence electrons. The zero-order chi connectivity index (χ0) is 11.6. The Balaban J connectivity index is 3.13. The first-order valence-corrected chi connectivity index (χ1v) is 5.53. The first kappa shape index (κ1) is 12.1. The predicted molar refractivity (Wildman–Crippen MR) is 64.0 cm³/mol. The third-order valence-corrected chi connectivity index (χ3v) is 3.17. The maximum absolute atomic E-state index is 9.46. The minimum absolute atomic E-state index is 0.0654. The van der Waals surface area contributed by atoms with Gasteiger partial charge < -0.3 is 10.8 Å². The molecule has 0 fully saturated rings. The molecule has 0 radical (unpaired) electrons. The second kappa shape index (κ2) is 4.67. The van der Waals surface area contributed by atoms with Crippen molar-refractivity contribution in [3.63, 3.8) is 0 Å². The molecule has 3 N–H and O–H groups in total. The van der Waals surface area contributed by atoms with Gasteiger partial charge in [0.2, 0.25) is 0 Å². The lowest BCUT2D eigenvalue weighted by Gasteiger charge is -2.23. The van der Waals surface area contributed by atoms with Gasteiger partial charge in [-0.3, -0.25) is 0 Å². The summed E-state index contributed by atoms with van der Waals surface area (Å²) in [6.07, 6.45) is 1.07. The summed E-state index contributed by atoms with van der Waals surface area (Å²) in [7, 11) is 0. The quantitative estimate of drug-likeness (QED) is 0.800. The van der Waals surface area contributed by atoms with Crippen LogP contribution in [-0.2, 0) is 0 Å². The summed E-state index contributed by atoms with van der Waals surface area (Å²) in [5.41, 5.74) is 9.57. The van der Waals surface area contributed by atoms with E-state index in [2.05, 4.69) is 13.8 Å². The molecule has 15 heavy (non-hydrogen) atoms. The summed E-state index contributed by atoms with van der Waals surface area (Å²) in [4.78, 5) is 0. The lowest BCUT2D eigenvalue weighted by Crippen LogP contribution is -2.20. The van der Waals surface area contributed by atoms with Crippen LogP contribution in [0.25, 0.3) is 0 Å². The van der Waals surface area contributed by atoms with Crippen molar-refractivity contribution >= 4 is 0 Å². The van der Waals surface area contributed by atoms with Crippen LogP contribution in [0.15, 0.2) is 12.1 Å². The molecule has 1 unspecified atom stereocenters. The molecule has 0 heterocycles. The average Bonchev–Trinajstić information content (AvgIpc) is 2.14. The number of phenolic OH excluding ortho intramolecular Hbond substituents is 1. The fourth-order valence-corrected chi connectivity index (χ4v) is 2.02. The van der Waals surface area contributed by atoms with Crippen molar-refractivity contribution < 1.29 is 5.11 Å². The molecule has 0 spiro atoms. The molecule has 0 amide bonds. The van der Waals surface area contributed by atoms with Crippen LogP contribution in [0.1, 0.15) is 43.0 Å². The minimum Gasteiger partial charge on any atom is -0.508 e. The van der Waals surface area contributed by atoms with Crippen LogP contribution in [-0.4, -0.2) is 5.11 Å². The summed E-state index contributed by atoms with van der Waals surface area (Å²) in [5.74, 6) is 0.789. The highest BCUT2D eigenvalue weighted by Gasteiger charge is 2.17. The van der Waals surface area contributed by atoms with Crippen LogP contribution in [0.4, 0.5) is 0 Å². The summed E-state index contributed by atoms with van der Waals surface area (Å²) in [6.45, 7) is 8.32. The molecule has 1 aromatic rings. The highest BCUT2D eigenvalue weighted by molar-refractivity contribution is 5.42. The lowest BCUT2D eigenvalue weighted by atomic mass is 9.87. The van der Waals surface area contributed by atoms with Crippen molar-refractivity contribution in [2.75, 3.05) is 0 Å². The Hall–Kier alpha value is -1.02. The monoisotopic (exact) mass is 207 g/mol. The molecule has 1 aromatic carbocycles. The molecule has 0 aliphatic carbocycles. The van der Waals surface area contributed by atoms with E-state index in [1.54, 1.807) is 12.1 Å². The van der Waals surface area contributed by atoms with Crippen molar-refractivity contribution in [1.29, 1.82) is 0 Å². The number of hydrogen-bond acceptors (Lipinski definition) is 2. The van der Waals surface area contributed by atoms with Crippen molar-refractivity contribution in [1.82, 2.24) is 0 Å². The predicted octanol–water partition coefficient (Wildman–Crippen LogP) is 3.05. The van der Waals surface area contributed by atoms with E-state index < -0.39 is 0 Å². The molecule has 0 saturated heterocycles. The van der Waals surface area contributed by atoms with Crippen LogP contribution >= 0.6 is 0 Å². The maximum atomic E-state index is 9.46. The number of nitrogens with two attached hydrogens (primary N) is 1. The van der Waals surface area contributed by atoms with Crippen molar-refractivity contribution in [2.45, 2.75) is 40.2 Å². The second-order valence-corrected chi connectivity index (χ2v) is 4.40. The molecule has 0 aliphatic heterocycles. The van der Waals surface area contributed by atoms with Crippen LogP contribution in [0, 0.1) is 19.8 Å². The van der Waals surface area contributed by atoms with Gasteiger partial charge in [0.15, 0.2) is 0 Å². The van der Waals surface area contributed by atoms with Gasteiger partial charge in [-0.25, -0.2) is 0 Å². The maximum Gasteiger partial charge on any atom is 0.116 e. The number of aryl methyl sites for hydroxylation is 2. The molecule has 1 rings (SSSR count). The van der Waals surface area contributed by atoms with E-state index in [0.29, 0.717) is 11.7 Å². The number of phenols is 1. The Morgan fingerprint density at radius 2 is 1.73 bits per heavy atom. The van der Waals surface area contributed by atoms with Gasteiger partial charge in [-0.1, -0.05) is 20.3 Å². The molecular weight excluding hydrogens is 186 g/mol. The lowest BCUT2D eigenvalue weighted by molar-refractivity contribution is 0.449. The van der Waals surface area contributed by atoms with E-state index in [-0.39, 0.29) is 6.04 Å². The van der Waals surface area contributed by atoms with Crippen LogP contribution in [0.5, 0.6) is 5.75 Å². The van der Waals surface area contributed by atoms with E-state index in [1.807, 2.05) is 13.8 Å². The Labute approximate surface area is 92.1 Å². The van der Waals surface area contributed by atoms with Crippen LogP contribution in [0.2, 0.25) is 0 Å². The highest BCUT2D eigenvalue weighted by atomic mass is 16.3. The summed E-state index contributed by atoms with van der Waals surface area (Å²) >= 11 is 0. The zero-order valence-corrected chi connectivity index (χ0v) is 10.0. The Kier molecular flexibility index (Phi) is 3.75. The van der Waals surface area contributed by atoms with E-state index in [0.717, 1.165) is 17.5 Å². The van der Waals surface area contributed by atoms with E-state index in [4.69, 9.17) is 5.73 Å². The van der Waals surface area contributed by atoms with E-state index >= 15 is 0 Å². The summed E-state index contributed by atoms with van der Waals surface area (Å²) in [6, 6.07) is 3.63. The van der Waals surface area contributed by atoms with Crippen molar-refractivity contribution in [3.8, 4) is 5.75 Å². The molecule has 0 bridgehead atoms. The first-order chi connectivity index (χ1) is 6.97. The third kappa shape index (κ3) is 2.51. The van der Waals surface area contributed by atoms with Crippen molar-refractivity contribution in [2.24, 2.45) is 11.7 Å². The Bertz CT molecular complexity index is 323. The van der Waals surface area contributed by atoms with Crippen LogP contribution < -0.4 is 5.73 Å². The number of rotatable bonds is 3. The normalized spacial score (nSPS) is 15.0. The molecule has 0 aliphatic rings. The van der Waals surface area contributed by atoms with Gasteiger partial charge in [-0.15, -0.1) is 0 Å². The fraction of sp³-hybridized carbons (Fsp3) is 0.538. The summed E-state index contributed by atoms with van der Waals surface area (Å²) < 4.78 is 0. The highest BCUT2D eigenvalue weighted by Crippen LogP contribution is 2.30. The number of benzene rings is 1. The first-order valence-electron chi connectivity index (χ1n) is 5.53. The van der Waals surface area contributed by atoms with Gasteiger partial charge in [0.1, 0.15) is 5.75 Å². The fourth-order valence-electron chi connectivity index (χ4n) is 2.02. The molecule has 0 aromatic heterocycles.